The highest BCUT2D eigenvalue weighted by Crippen LogP contribution is 2.36. The Balaban J connectivity index is 1.51. The summed E-state index contributed by atoms with van der Waals surface area (Å²) < 4.78 is 1.95. The van der Waals surface area contributed by atoms with Gasteiger partial charge in [0, 0.05) is 11.6 Å². The summed E-state index contributed by atoms with van der Waals surface area (Å²) in [6, 6.07) is 11.5. The van der Waals surface area contributed by atoms with E-state index in [-0.39, 0.29) is 5.91 Å². The summed E-state index contributed by atoms with van der Waals surface area (Å²) in [6.45, 7) is 0.714. The number of para-hydroxylation sites is 1. The third-order valence-corrected chi connectivity index (χ3v) is 6.82. The Morgan fingerprint density at radius 1 is 1.28 bits per heavy atom. The summed E-state index contributed by atoms with van der Waals surface area (Å²) in [5, 5.41) is 1.31. The quantitative estimate of drug-likeness (QED) is 0.523. The van der Waals surface area contributed by atoms with Gasteiger partial charge in [-0.1, -0.05) is 47.1 Å². The van der Waals surface area contributed by atoms with Gasteiger partial charge in [-0.2, -0.15) is 0 Å². The molecule has 0 saturated carbocycles. The maximum absolute atomic E-state index is 12.8. The number of nitrogens with zero attached hydrogens (tertiary/aromatic N) is 2. The van der Waals surface area contributed by atoms with Gasteiger partial charge in [-0.25, -0.2) is 4.98 Å². The summed E-state index contributed by atoms with van der Waals surface area (Å²) >= 11 is 15.4. The molecule has 1 aliphatic heterocycles. The third-order valence-electron chi connectivity index (χ3n) is 4.12. The van der Waals surface area contributed by atoms with Gasteiger partial charge in [-0.05, 0) is 42.7 Å². The zero-order valence-corrected chi connectivity index (χ0v) is 16.3. The Bertz CT molecular complexity index is 957. The van der Waals surface area contributed by atoms with E-state index in [9.17, 15) is 4.79 Å². The van der Waals surface area contributed by atoms with E-state index in [0.717, 1.165) is 38.6 Å². The van der Waals surface area contributed by atoms with Gasteiger partial charge >= 0.3 is 0 Å². The monoisotopic (exact) mass is 408 g/mol. The Morgan fingerprint density at radius 2 is 2.16 bits per heavy atom. The van der Waals surface area contributed by atoms with Crippen LogP contribution < -0.4 is 4.90 Å². The number of thioether (sulfide) groups is 1. The zero-order chi connectivity index (χ0) is 17.4. The molecule has 3 aromatic rings. The Hall–Kier alpha value is -1.27. The Labute approximate surface area is 164 Å². The summed E-state index contributed by atoms with van der Waals surface area (Å²) in [5.74, 6) is 0.412. The standard InChI is InChI=1S/C18H14Cl2N2OS2/c19-12-6-7-15-14(9-12)21-18(25-15)24-10-16(23)22-8-2-4-11-3-1-5-13(20)17(11)22/h1,3,5-7,9H,2,4,8,10H2. The van der Waals surface area contributed by atoms with Crippen molar-refractivity contribution in [1.82, 2.24) is 4.98 Å². The lowest BCUT2D eigenvalue weighted by atomic mass is 10.0. The van der Waals surface area contributed by atoms with Crippen molar-refractivity contribution in [2.24, 2.45) is 0 Å². The molecule has 0 radical (unpaired) electrons. The topological polar surface area (TPSA) is 33.2 Å². The molecule has 4 rings (SSSR count). The highest BCUT2D eigenvalue weighted by molar-refractivity contribution is 8.01. The number of carbonyl (C=O) groups is 1. The fourth-order valence-electron chi connectivity index (χ4n) is 3.00. The van der Waals surface area contributed by atoms with Crippen molar-refractivity contribution < 1.29 is 4.79 Å². The number of thiazole rings is 1. The van der Waals surface area contributed by atoms with Gasteiger partial charge in [0.1, 0.15) is 0 Å². The lowest BCUT2D eigenvalue weighted by molar-refractivity contribution is -0.116. The minimum absolute atomic E-state index is 0.0661. The van der Waals surface area contributed by atoms with Crippen molar-refractivity contribution in [2.75, 3.05) is 17.2 Å². The van der Waals surface area contributed by atoms with Crippen LogP contribution in [0.2, 0.25) is 10.0 Å². The molecule has 0 aliphatic carbocycles. The van der Waals surface area contributed by atoms with Crippen molar-refractivity contribution in [3.63, 3.8) is 0 Å². The predicted octanol–water partition coefficient (Wildman–Crippen LogP) is 5.67. The van der Waals surface area contributed by atoms with Crippen molar-refractivity contribution in [3.05, 3.63) is 52.0 Å². The van der Waals surface area contributed by atoms with Crippen LogP contribution in [-0.4, -0.2) is 23.2 Å². The summed E-state index contributed by atoms with van der Waals surface area (Å²) in [4.78, 5) is 19.1. The molecule has 0 saturated heterocycles. The van der Waals surface area contributed by atoms with Gasteiger partial charge in [0.15, 0.2) is 4.34 Å². The minimum atomic E-state index is 0.0661. The molecule has 3 nitrogen and oxygen atoms in total. The number of anilines is 1. The fourth-order valence-corrected chi connectivity index (χ4v) is 5.38. The SMILES string of the molecule is O=C(CSc1nc2cc(Cl)ccc2s1)N1CCCc2cccc(Cl)c21. The number of hydrogen-bond acceptors (Lipinski definition) is 4. The Morgan fingerprint density at radius 3 is 3.04 bits per heavy atom. The first-order chi connectivity index (χ1) is 12.1. The highest BCUT2D eigenvalue weighted by Gasteiger charge is 2.25. The molecule has 2 aromatic carbocycles. The van der Waals surface area contributed by atoms with Gasteiger partial charge < -0.3 is 4.90 Å². The summed E-state index contributed by atoms with van der Waals surface area (Å²) in [7, 11) is 0. The molecule has 2 heterocycles. The van der Waals surface area contributed by atoms with Crippen LogP contribution in [0.4, 0.5) is 5.69 Å². The van der Waals surface area contributed by atoms with Crippen LogP contribution in [0.1, 0.15) is 12.0 Å². The summed E-state index contributed by atoms with van der Waals surface area (Å²) in [5.41, 5.74) is 2.89. The molecule has 0 bridgehead atoms. The second-order valence-electron chi connectivity index (χ2n) is 5.78. The average Bonchev–Trinajstić information content (AvgIpc) is 3.01. The van der Waals surface area contributed by atoms with E-state index in [1.54, 1.807) is 11.3 Å². The highest BCUT2D eigenvalue weighted by atomic mass is 35.5. The Kier molecular flexibility index (Phi) is 4.91. The van der Waals surface area contributed by atoms with Gasteiger partial charge in [0.05, 0.1) is 26.7 Å². The van der Waals surface area contributed by atoms with Gasteiger partial charge in [0.25, 0.3) is 0 Å². The van der Waals surface area contributed by atoms with Crippen LogP contribution in [0.15, 0.2) is 40.7 Å². The molecule has 128 valence electrons. The second kappa shape index (κ2) is 7.16. The molecule has 0 N–H and O–H groups in total. The minimum Gasteiger partial charge on any atom is -0.310 e. The van der Waals surface area contributed by atoms with E-state index in [2.05, 4.69) is 4.98 Å². The molecule has 0 unspecified atom stereocenters. The predicted molar refractivity (Wildman–Crippen MR) is 107 cm³/mol. The van der Waals surface area contributed by atoms with Crippen molar-refractivity contribution in [2.45, 2.75) is 17.2 Å². The summed E-state index contributed by atoms with van der Waals surface area (Å²) in [6.07, 6.45) is 1.93. The first-order valence-corrected chi connectivity index (χ1v) is 10.4. The molecule has 0 spiro atoms. The van der Waals surface area contributed by atoms with Crippen molar-refractivity contribution >= 4 is 68.1 Å². The molecule has 1 aromatic heterocycles. The molecular weight excluding hydrogens is 395 g/mol. The van der Waals surface area contributed by atoms with E-state index in [1.807, 2.05) is 41.3 Å². The smallest absolute Gasteiger partial charge is 0.237 e. The van der Waals surface area contributed by atoms with Crippen LogP contribution in [0.25, 0.3) is 10.2 Å². The number of halogens is 2. The van der Waals surface area contributed by atoms with Crippen molar-refractivity contribution in [1.29, 1.82) is 0 Å². The van der Waals surface area contributed by atoms with Crippen molar-refractivity contribution in [3.8, 4) is 0 Å². The molecule has 7 heteroatoms. The van der Waals surface area contributed by atoms with Crippen LogP contribution in [-0.2, 0) is 11.2 Å². The van der Waals surface area contributed by atoms with E-state index in [1.165, 1.54) is 11.8 Å². The molecule has 25 heavy (non-hydrogen) atoms. The van der Waals surface area contributed by atoms with Gasteiger partial charge in [0.2, 0.25) is 5.91 Å². The lowest BCUT2D eigenvalue weighted by Crippen LogP contribution is -2.36. The van der Waals surface area contributed by atoms with Crippen LogP contribution in [0.5, 0.6) is 0 Å². The second-order valence-corrected chi connectivity index (χ2v) is 8.87. The van der Waals surface area contributed by atoms with E-state index in [0.29, 0.717) is 22.3 Å². The number of amides is 1. The van der Waals surface area contributed by atoms with E-state index in [4.69, 9.17) is 23.2 Å². The number of aryl methyl sites for hydroxylation is 1. The number of benzene rings is 2. The number of hydrogen-bond donors (Lipinski definition) is 0. The largest absolute Gasteiger partial charge is 0.310 e. The first-order valence-electron chi connectivity index (χ1n) is 7.88. The van der Waals surface area contributed by atoms with Gasteiger partial charge in [-0.15, -0.1) is 11.3 Å². The number of carbonyl (C=O) groups excluding carboxylic acids is 1. The first kappa shape index (κ1) is 17.2. The van der Waals surface area contributed by atoms with E-state index < -0.39 is 0 Å². The molecule has 1 aliphatic rings. The molecule has 0 atom stereocenters. The third kappa shape index (κ3) is 3.51. The lowest BCUT2D eigenvalue weighted by Gasteiger charge is -2.30. The van der Waals surface area contributed by atoms with Crippen LogP contribution >= 0.6 is 46.3 Å². The maximum atomic E-state index is 12.8. The fraction of sp³-hybridized carbons (Fsp3) is 0.222. The number of aromatic nitrogens is 1. The zero-order valence-electron chi connectivity index (χ0n) is 13.2. The van der Waals surface area contributed by atoms with E-state index >= 15 is 0 Å². The normalized spacial score (nSPS) is 13.9. The molecular formula is C18H14Cl2N2OS2. The molecule has 1 amide bonds. The number of rotatable bonds is 3. The van der Waals surface area contributed by atoms with Crippen LogP contribution in [0, 0.1) is 0 Å². The van der Waals surface area contributed by atoms with Gasteiger partial charge in [-0.3, -0.25) is 4.79 Å². The average molecular weight is 409 g/mol. The molecule has 0 fully saturated rings. The maximum Gasteiger partial charge on any atom is 0.237 e. The number of fused-ring (bicyclic) bond motifs is 2. The van der Waals surface area contributed by atoms with Crippen LogP contribution in [0.3, 0.4) is 0 Å².